The monoisotopic (exact) mass is 341 g/mol. The third-order valence-electron chi connectivity index (χ3n) is 3.63. The van der Waals surface area contributed by atoms with Crippen LogP contribution in [-0.2, 0) is 6.54 Å². The maximum absolute atomic E-state index is 12.0. The van der Waals surface area contributed by atoms with E-state index in [2.05, 4.69) is 10.4 Å². The molecule has 1 N–H and O–H groups in total. The molecule has 1 atom stereocenters. The fraction of sp³-hybridized carbons (Fsp3) is 0.176. The molecule has 122 valence electrons. The number of amides is 1. The van der Waals surface area contributed by atoms with Crippen LogP contribution in [0.5, 0.6) is 11.5 Å². The lowest BCUT2D eigenvalue weighted by Crippen LogP contribution is -2.33. The minimum atomic E-state index is -0.137. The molecule has 0 aliphatic carbocycles. The van der Waals surface area contributed by atoms with Crippen molar-refractivity contribution in [2.24, 2.45) is 0 Å². The van der Waals surface area contributed by atoms with E-state index in [1.165, 1.54) is 11.3 Å². The SMILES string of the molecule is O=C(Nc1cnn(CC2COc3ccccc3O2)c1)c1ccsc1. The Morgan fingerprint density at radius 3 is 3.04 bits per heavy atom. The van der Waals surface area contributed by atoms with Crippen LogP contribution >= 0.6 is 11.3 Å². The first-order valence-electron chi connectivity index (χ1n) is 7.52. The van der Waals surface area contributed by atoms with Gasteiger partial charge in [-0.1, -0.05) is 12.1 Å². The van der Waals surface area contributed by atoms with Crippen molar-refractivity contribution in [1.29, 1.82) is 0 Å². The van der Waals surface area contributed by atoms with Crippen molar-refractivity contribution in [3.8, 4) is 11.5 Å². The van der Waals surface area contributed by atoms with Gasteiger partial charge in [-0.25, -0.2) is 0 Å². The van der Waals surface area contributed by atoms with E-state index in [-0.39, 0.29) is 12.0 Å². The van der Waals surface area contributed by atoms with Crippen molar-refractivity contribution in [2.45, 2.75) is 12.6 Å². The number of carbonyl (C=O) groups is 1. The minimum Gasteiger partial charge on any atom is -0.486 e. The van der Waals surface area contributed by atoms with Gasteiger partial charge >= 0.3 is 0 Å². The van der Waals surface area contributed by atoms with Gasteiger partial charge in [-0.05, 0) is 23.6 Å². The highest BCUT2D eigenvalue weighted by atomic mass is 32.1. The number of hydrogen-bond donors (Lipinski definition) is 1. The summed E-state index contributed by atoms with van der Waals surface area (Å²) in [6.45, 7) is 1.01. The van der Waals surface area contributed by atoms with Crippen molar-refractivity contribution in [3.63, 3.8) is 0 Å². The zero-order valence-corrected chi connectivity index (χ0v) is 13.5. The number of carbonyl (C=O) groups excluding carboxylic acids is 1. The molecular weight excluding hydrogens is 326 g/mol. The number of rotatable bonds is 4. The normalized spacial score (nSPS) is 15.9. The number of thiophene rings is 1. The Labute approximate surface area is 142 Å². The number of anilines is 1. The van der Waals surface area contributed by atoms with Crippen LogP contribution in [0.3, 0.4) is 0 Å². The molecule has 1 aliphatic rings. The molecule has 7 heteroatoms. The summed E-state index contributed by atoms with van der Waals surface area (Å²) >= 11 is 1.49. The van der Waals surface area contributed by atoms with Gasteiger partial charge in [0.25, 0.3) is 5.91 Å². The summed E-state index contributed by atoms with van der Waals surface area (Å²) in [5.74, 6) is 1.37. The van der Waals surface area contributed by atoms with E-state index in [0.29, 0.717) is 24.4 Å². The maximum Gasteiger partial charge on any atom is 0.256 e. The number of hydrogen-bond acceptors (Lipinski definition) is 5. The van der Waals surface area contributed by atoms with Gasteiger partial charge in [-0.15, -0.1) is 0 Å². The highest BCUT2D eigenvalue weighted by molar-refractivity contribution is 7.08. The van der Waals surface area contributed by atoms with Gasteiger partial charge < -0.3 is 14.8 Å². The van der Waals surface area contributed by atoms with Crippen LogP contribution in [-0.4, -0.2) is 28.4 Å². The minimum absolute atomic E-state index is 0.125. The molecule has 4 rings (SSSR count). The molecule has 0 spiro atoms. The van der Waals surface area contributed by atoms with E-state index >= 15 is 0 Å². The van der Waals surface area contributed by atoms with E-state index < -0.39 is 0 Å². The number of fused-ring (bicyclic) bond motifs is 1. The molecule has 3 aromatic rings. The van der Waals surface area contributed by atoms with Crippen LogP contribution < -0.4 is 14.8 Å². The third kappa shape index (κ3) is 3.11. The van der Waals surface area contributed by atoms with Crippen molar-refractivity contribution >= 4 is 22.9 Å². The number of benzene rings is 1. The molecule has 0 fully saturated rings. The Kier molecular flexibility index (Phi) is 3.92. The Morgan fingerprint density at radius 2 is 2.21 bits per heavy atom. The van der Waals surface area contributed by atoms with Gasteiger partial charge in [0.05, 0.1) is 24.0 Å². The van der Waals surface area contributed by atoms with Crippen LogP contribution in [0.1, 0.15) is 10.4 Å². The van der Waals surface area contributed by atoms with Crippen LogP contribution in [0, 0.1) is 0 Å². The zero-order valence-electron chi connectivity index (χ0n) is 12.7. The van der Waals surface area contributed by atoms with E-state index in [1.807, 2.05) is 35.0 Å². The average Bonchev–Trinajstić information content (AvgIpc) is 3.27. The second-order valence-corrected chi connectivity index (χ2v) is 6.19. The van der Waals surface area contributed by atoms with Crippen LogP contribution in [0.2, 0.25) is 0 Å². The number of para-hydroxylation sites is 2. The third-order valence-corrected chi connectivity index (χ3v) is 4.32. The Hall–Kier alpha value is -2.80. The molecule has 2 aromatic heterocycles. The van der Waals surface area contributed by atoms with Crippen LogP contribution in [0.15, 0.2) is 53.5 Å². The van der Waals surface area contributed by atoms with E-state index in [4.69, 9.17) is 9.47 Å². The number of aromatic nitrogens is 2. The fourth-order valence-electron chi connectivity index (χ4n) is 2.49. The summed E-state index contributed by atoms with van der Waals surface area (Å²) in [6.07, 6.45) is 3.29. The van der Waals surface area contributed by atoms with Gasteiger partial charge in [0.2, 0.25) is 0 Å². The molecule has 1 aliphatic heterocycles. The molecule has 1 aromatic carbocycles. The highest BCUT2D eigenvalue weighted by Gasteiger charge is 2.21. The predicted octanol–water partition coefficient (Wildman–Crippen LogP) is 3.04. The lowest BCUT2D eigenvalue weighted by atomic mass is 10.2. The van der Waals surface area contributed by atoms with Gasteiger partial charge in [-0.2, -0.15) is 16.4 Å². The molecule has 6 nitrogen and oxygen atoms in total. The van der Waals surface area contributed by atoms with Gasteiger partial charge in [-0.3, -0.25) is 9.48 Å². The van der Waals surface area contributed by atoms with Crippen molar-refractivity contribution in [1.82, 2.24) is 9.78 Å². The van der Waals surface area contributed by atoms with Crippen molar-refractivity contribution < 1.29 is 14.3 Å². The van der Waals surface area contributed by atoms with E-state index in [0.717, 1.165) is 11.5 Å². The Morgan fingerprint density at radius 1 is 1.33 bits per heavy atom. The first-order valence-corrected chi connectivity index (χ1v) is 8.47. The molecule has 1 amide bonds. The average molecular weight is 341 g/mol. The lowest BCUT2D eigenvalue weighted by Gasteiger charge is -2.26. The van der Waals surface area contributed by atoms with Gasteiger partial charge in [0.1, 0.15) is 6.61 Å². The second kappa shape index (κ2) is 6.37. The summed E-state index contributed by atoms with van der Waals surface area (Å²) in [5.41, 5.74) is 1.30. The first-order chi connectivity index (χ1) is 11.8. The quantitative estimate of drug-likeness (QED) is 0.792. The number of nitrogens with one attached hydrogen (secondary N) is 1. The van der Waals surface area contributed by atoms with Crippen molar-refractivity contribution in [2.75, 3.05) is 11.9 Å². The van der Waals surface area contributed by atoms with Crippen LogP contribution in [0.25, 0.3) is 0 Å². The summed E-state index contributed by atoms with van der Waals surface area (Å²) in [4.78, 5) is 12.0. The van der Waals surface area contributed by atoms with Gasteiger partial charge in [0, 0.05) is 11.6 Å². The largest absolute Gasteiger partial charge is 0.486 e. The van der Waals surface area contributed by atoms with Crippen molar-refractivity contribution in [3.05, 3.63) is 59.0 Å². The van der Waals surface area contributed by atoms with E-state index in [1.54, 1.807) is 23.1 Å². The second-order valence-electron chi connectivity index (χ2n) is 5.41. The molecule has 0 radical (unpaired) electrons. The molecule has 1 unspecified atom stereocenters. The standard InChI is InChI=1S/C17H15N3O3S/c21-17(12-5-6-24-11-12)19-13-7-18-20(8-13)9-14-10-22-15-3-1-2-4-16(15)23-14/h1-8,11,14H,9-10H2,(H,19,21). The fourth-order valence-corrected chi connectivity index (χ4v) is 3.12. The summed E-state index contributed by atoms with van der Waals surface area (Å²) in [6, 6.07) is 9.39. The molecular formula is C17H15N3O3S. The zero-order chi connectivity index (χ0) is 16.4. The maximum atomic E-state index is 12.0. The number of nitrogens with zero attached hydrogens (tertiary/aromatic N) is 2. The van der Waals surface area contributed by atoms with Crippen LogP contribution in [0.4, 0.5) is 5.69 Å². The first kappa shape index (κ1) is 14.8. The molecule has 3 heterocycles. The molecule has 0 saturated carbocycles. The molecule has 0 bridgehead atoms. The predicted molar refractivity (Wildman–Crippen MR) is 90.9 cm³/mol. The molecule has 24 heavy (non-hydrogen) atoms. The number of ether oxygens (including phenoxy) is 2. The summed E-state index contributed by atoms with van der Waals surface area (Å²) in [5, 5.41) is 10.8. The lowest BCUT2D eigenvalue weighted by molar-refractivity contribution is 0.0759. The highest BCUT2D eigenvalue weighted by Crippen LogP contribution is 2.31. The summed E-state index contributed by atoms with van der Waals surface area (Å²) in [7, 11) is 0. The van der Waals surface area contributed by atoms with Gasteiger partial charge in [0.15, 0.2) is 17.6 Å². The topological polar surface area (TPSA) is 65.4 Å². The smallest absolute Gasteiger partial charge is 0.256 e. The van der Waals surface area contributed by atoms with E-state index in [9.17, 15) is 4.79 Å². The Bertz CT molecular complexity index is 844. The summed E-state index contributed by atoms with van der Waals surface area (Å²) < 4.78 is 13.3. The molecule has 0 saturated heterocycles. The Balaban J connectivity index is 1.38.